The van der Waals surface area contributed by atoms with Crippen molar-refractivity contribution in [3.05, 3.63) is 35.3 Å². The lowest BCUT2D eigenvalue weighted by atomic mass is 10.3. The lowest BCUT2D eigenvalue weighted by Crippen LogP contribution is -2.11. The predicted molar refractivity (Wildman–Crippen MR) is 71.1 cm³/mol. The summed E-state index contributed by atoms with van der Waals surface area (Å²) in [4.78, 5) is 11.9. The number of amides is 1. The van der Waals surface area contributed by atoms with Crippen LogP contribution in [0.4, 0.5) is 4.79 Å². The summed E-state index contributed by atoms with van der Waals surface area (Å²) in [5.74, 6) is 0. The first kappa shape index (κ1) is 16.5. The van der Waals surface area contributed by atoms with Gasteiger partial charge in [0.15, 0.2) is 0 Å². The number of rotatable bonds is 3. The molecule has 1 N–H and O–H groups in total. The van der Waals surface area contributed by atoms with Gasteiger partial charge in [-0.2, -0.15) is 0 Å². The zero-order valence-corrected chi connectivity index (χ0v) is 11.1. The molecule has 0 aromatic carbocycles. The van der Waals surface area contributed by atoms with E-state index < -0.39 is 0 Å². The van der Waals surface area contributed by atoms with E-state index in [1.807, 2.05) is 45.9 Å². The van der Waals surface area contributed by atoms with E-state index in [4.69, 9.17) is 0 Å². The second-order valence-electron chi connectivity index (χ2n) is 2.48. The van der Waals surface area contributed by atoms with Gasteiger partial charge in [0.2, 0.25) is 0 Å². The van der Waals surface area contributed by atoms with Crippen molar-refractivity contribution in [1.82, 2.24) is 5.32 Å². The van der Waals surface area contributed by atoms with E-state index in [2.05, 4.69) is 11.9 Å². The van der Waals surface area contributed by atoms with Gasteiger partial charge in [-0.1, -0.05) is 32.6 Å². The van der Waals surface area contributed by atoms with E-state index in [9.17, 15) is 4.79 Å². The Labute approximate surface area is 97.5 Å². The molecule has 0 aromatic rings. The molecule has 0 atom stereocenters. The van der Waals surface area contributed by atoms with Crippen LogP contribution in [0.1, 0.15) is 27.7 Å². The third-order valence-electron chi connectivity index (χ3n) is 1.27. The van der Waals surface area contributed by atoms with Gasteiger partial charge in [0.1, 0.15) is 0 Å². The van der Waals surface area contributed by atoms with Gasteiger partial charge in [-0.25, -0.2) is 0 Å². The molecule has 0 rings (SSSR count). The lowest BCUT2D eigenvalue weighted by molar-refractivity contribution is 0.262. The van der Waals surface area contributed by atoms with Crippen molar-refractivity contribution >= 4 is 17.0 Å². The minimum Gasteiger partial charge on any atom is -0.350 e. The normalized spacial score (nSPS) is 10.6. The van der Waals surface area contributed by atoms with E-state index in [-0.39, 0.29) is 5.24 Å². The molecule has 1 amide bonds. The van der Waals surface area contributed by atoms with E-state index in [1.54, 1.807) is 7.05 Å². The SMILES string of the molecule is C=C(C)/C(=C\C=C/C)SC(=O)NC.CC. The molecule has 0 saturated carbocycles. The fourth-order valence-corrected chi connectivity index (χ4v) is 1.22. The van der Waals surface area contributed by atoms with Crippen LogP contribution in [-0.4, -0.2) is 12.3 Å². The average molecular weight is 227 g/mol. The topological polar surface area (TPSA) is 29.1 Å². The summed E-state index contributed by atoms with van der Waals surface area (Å²) in [5, 5.41) is 2.47. The maximum atomic E-state index is 11.0. The molecule has 0 unspecified atom stereocenters. The molecule has 2 nitrogen and oxygen atoms in total. The van der Waals surface area contributed by atoms with E-state index in [1.165, 1.54) is 0 Å². The first-order chi connectivity index (χ1) is 7.11. The maximum Gasteiger partial charge on any atom is 0.283 e. The Kier molecular flexibility index (Phi) is 12.2. The van der Waals surface area contributed by atoms with Crippen molar-refractivity contribution in [2.75, 3.05) is 7.05 Å². The fourth-order valence-electron chi connectivity index (χ4n) is 0.598. The monoisotopic (exact) mass is 227 g/mol. The van der Waals surface area contributed by atoms with Crippen LogP contribution in [0.25, 0.3) is 0 Å². The van der Waals surface area contributed by atoms with Crippen molar-refractivity contribution in [2.24, 2.45) is 0 Å². The summed E-state index contributed by atoms with van der Waals surface area (Å²) in [6.07, 6.45) is 5.68. The molecule has 0 radical (unpaired) electrons. The summed E-state index contributed by atoms with van der Waals surface area (Å²) in [6, 6.07) is 0. The molecule has 15 heavy (non-hydrogen) atoms. The molecule has 0 aliphatic rings. The molecule has 86 valence electrons. The number of nitrogens with one attached hydrogen (secondary N) is 1. The molecule has 0 heterocycles. The smallest absolute Gasteiger partial charge is 0.283 e. The van der Waals surface area contributed by atoms with Crippen LogP contribution in [-0.2, 0) is 0 Å². The summed E-state index contributed by atoms with van der Waals surface area (Å²) in [7, 11) is 1.61. The zero-order chi connectivity index (χ0) is 12.3. The standard InChI is InChI=1S/C10H15NOS.C2H6/c1-5-6-7-9(8(2)3)13-10(12)11-4;1-2/h5-7H,2H2,1,3-4H3,(H,11,12);1-2H3/b6-5-,9-7+;. The Morgan fingerprint density at radius 1 is 1.40 bits per heavy atom. The second-order valence-corrected chi connectivity index (χ2v) is 3.49. The molecular weight excluding hydrogens is 206 g/mol. The second kappa shape index (κ2) is 11.1. The largest absolute Gasteiger partial charge is 0.350 e. The van der Waals surface area contributed by atoms with Gasteiger partial charge in [-0.15, -0.1) is 0 Å². The molecule has 0 spiro atoms. The van der Waals surface area contributed by atoms with Crippen molar-refractivity contribution < 1.29 is 4.79 Å². The number of carbonyl (C=O) groups is 1. The third kappa shape index (κ3) is 9.35. The van der Waals surface area contributed by atoms with Crippen LogP contribution in [0.2, 0.25) is 0 Å². The first-order valence-electron chi connectivity index (χ1n) is 5.00. The van der Waals surface area contributed by atoms with Gasteiger partial charge >= 0.3 is 0 Å². The number of hydrogen-bond donors (Lipinski definition) is 1. The minimum absolute atomic E-state index is 0.0706. The van der Waals surface area contributed by atoms with Gasteiger partial charge < -0.3 is 5.32 Å². The van der Waals surface area contributed by atoms with E-state index >= 15 is 0 Å². The summed E-state index contributed by atoms with van der Waals surface area (Å²) in [6.45, 7) is 11.6. The van der Waals surface area contributed by atoms with Gasteiger partial charge in [0, 0.05) is 12.0 Å². The van der Waals surface area contributed by atoms with Crippen LogP contribution in [0.5, 0.6) is 0 Å². The summed E-state index contributed by atoms with van der Waals surface area (Å²) in [5.41, 5.74) is 0.895. The fraction of sp³-hybridized carbons (Fsp3) is 0.417. The van der Waals surface area contributed by atoms with Gasteiger partial charge in [-0.05, 0) is 37.3 Å². The highest BCUT2D eigenvalue weighted by molar-refractivity contribution is 8.17. The Morgan fingerprint density at radius 3 is 2.27 bits per heavy atom. The first-order valence-corrected chi connectivity index (χ1v) is 5.82. The molecular formula is C12H21NOS. The highest BCUT2D eigenvalue weighted by atomic mass is 32.2. The quantitative estimate of drug-likeness (QED) is 0.735. The van der Waals surface area contributed by atoms with Crippen LogP contribution in [0.15, 0.2) is 35.3 Å². The van der Waals surface area contributed by atoms with Crippen molar-refractivity contribution in [3.8, 4) is 0 Å². The van der Waals surface area contributed by atoms with Crippen molar-refractivity contribution in [2.45, 2.75) is 27.7 Å². The summed E-state index contributed by atoms with van der Waals surface area (Å²) < 4.78 is 0. The van der Waals surface area contributed by atoms with Gasteiger partial charge in [0.25, 0.3) is 5.24 Å². The zero-order valence-electron chi connectivity index (χ0n) is 10.3. The highest BCUT2D eigenvalue weighted by Gasteiger charge is 2.04. The Bertz CT molecular complexity index is 254. The van der Waals surface area contributed by atoms with Crippen LogP contribution in [0.3, 0.4) is 0 Å². The van der Waals surface area contributed by atoms with E-state index in [0.29, 0.717) is 0 Å². The minimum atomic E-state index is -0.0706. The molecule has 0 bridgehead atoms. The van der Waals surface area contributed by atoms with Gasteiger partial charge in [0.05, 0.1) is 0 Å². The molecule has 0 saturated heterocycles. The van der Waals surface area contributed by atoms with Crippen molar-refractivity contribution in [3.63, 3.8) is 0 Å². The maximum absolute atomic E-state index is 11.0. The average Bonchev–Trinajstić information content (AvgIpc) is 2.26. The number of thioether (sulfide) groups is 1. The predicted octanol–water partition coefficient (Wildman–Crippen LogP) is 4.12. The molecule has 0 fully saturated rings. The lowest BCUT2D eigenvalue weighted by Gasteiger charge is -2.03. The number of hydrogen-bond acceptors (Lipinski definition) is 2. The molecule has 3 heteroatoms. The van der Waals surface area contributed by atoms with Crippen molar-refractivity contribution in [1.29, 1.82) is 0 Å². The van der Waals surface area contributed by atoms with E-state index in [0.717, 1.165) is 22.2 Å². The molecule has 0 aliphatic carbocycles. The highest BCUT2D eigenvalue weighted by Crippen LogP contribution is 2.22. The summed E-state index contributed by atoms with van der Waals surface area (Å²) >= 11 is 1.15. The van der Waals surface area contributed by atoms with Crippen LogP contribution >= 0.6 is 11.8 Å². The Morgan fingerprint density at radius 2 is 1.93 bits per heavy atom. The van der Waals surface area contributed by atoms with Crippen LogP contribution in [0, 0.1) is 0 Å². The Balaban J connectivity index is 0. The third-order valence-corrected chi connectivity index (χ3v) is 2.36. The molecule has 0 aliphatic heterocycles. The Hall–Kier alpha value is -0.960. The number of carbonyl (C=O) groups excluding carboxylic acids is 1. The number of allylic oxidation sites excluding steroid dienone is 4. The van der Waals surface area contributed by atoms with Crippen LogP contribution < -0.4 is 5.32 Å². The van der Waals surface area contributed by atoms with Gasteiger partial charge in [-0.3, -0.25) is 4.79 Å². The molecule has 0 aromatic heterocycles.